The van der Waals surface area contributed by atoms with Gasteiger partial charge in [-0.2, -0.15) is 0 Å². The summed E-state index contributed by atoms with van der Waals surface area (Å²) in [5.41, 5.74) is 2.05. The highest BCUT2D eigenvalue weighted by Gasteiger charge is 2.13. The van der Waals surface area contributed by atoms with Crippen LogP contribution in [0.3, 0.4) is 0 Å². The number of esters is 2. The van der Waals surface area contributed by atoms with E-state index in [-0.39, 0.29) is 12.4 Å². The Hall–Kier alpha value is -2.74. The van der Waals surface area contributed by atoms with E-state index in [0.717, 1.165) is 12.0 Å². The smallest absolute Gasteiger partial charge is 0.338 e. The fraction of sp³-hybridized carbons (Fsp3) is 0.400. The Morgan fingerprint density at radius 2 is 1.86 bits per heavy atom. The molecule has 1 N–H and O–H groups in total. The summed E-state index contributed by atoms with van der Waals surface area (Å²) in [6.45, 7) is 5.87. The van der Waals surface area contributed by atoms with Crippen LogP contribution in [0.5, 0.6) is 0 Å². The van der Waals surface area contributed by atoms with Gasteiger partial charge in [0.25, 0.3) is 5.91 Å². The van der Waals surface area contributed by atoms with Gasteiger partial charge in [0.2, 0.25) is 0 Å². The molecule has 8 heteroatoms. The second kappa shape index (κ2) is 10.6. The molecule has 2 rings (SSSR count). The zero-order valence-corrected chi connectivity index (χ0v) is 17.0. The second-order valence-electron chi connectivity index (χ2n) is 6.54. The summed E-state index contributed by atoms with van der Waals surface area (Å²) in [5.74, 6) is -0.903. The minimum Gasteiger partial charge on any atom is -0.466 e. The number of ether oxygens (including phenoxy) is 2. The first-order valence-electron chi connectivity index (χ1n) is 9.03. The van der Waals surface area contributed by atoms with Crippen LogP contribution in [0.2, 0.25) is 0 Å². The molecule has 0 radical (unpaired) electrons. The van der Waals surface area contributed by atoms with Crippen LogP contribution in [-0.2, 0) is 31.9 Å². The molecule has 0 spiro atoms. The summed E-state index contributed by atoms with van der Waals surface area (Å²) in [5, 5.41) is 4.54. The molecule has 0 aliphatic rings. The largest absolute Gasteiger partial charge is 0.466 e. The summed E-state index contributed by atoms with van der Waals surface area (Å²) in [4.78, 5) is 39.6. The number of amides is 1. The Bertz CT molecular complexity index is 814. The second-order valence-corrected chi connectivity index (χ2v) is 7.40. The van der Waals surface area contributed by atoms with E-state index in [0.29, 0.717) is 28.9 Å². The lowest BCUT2D eigenvalue weighted by Gasteiger charge is -2.07. The summed E-state index contributed by atoms with van der Waals surface area (Å²) < 4.78 is 9.89. The van der Waals surface area contributed by atoms with Crippen molar-refractivity contribution < 1.29 is 23.9 Å². The van der Waals surface area contributed by atoms with Crippen LogP contribution in [0.25, 0.3) is 0 Å². The number of nitrogens with one attached hydrogen (secondary N) is 1. The molecule has 0 atom stereocenters. The molecule has 7 nitrogen and oxygen atoms in total. The highest BCUT2D eigenvalue weighted by Crippen LogP contribution is 2.16. The molecule has 1 aromatic carbocycles. The van der Waals surface area contributed by atoms with E-state index in [1.54, 1.807) is 24.4 Å². The number of anilines is 1. The minimum atomic E-state index is -0.562. The van der Waals surface area contributed by atoms with Gasteiger partial charge in [0, 0.05) is 5.38 Å². The summed E-state index contributed by atoms with van der Waals surface area (Å²) in [6, 6.07) is 7.16. The molecule has 0 fully saturated rings. The maximum atomic E-state index is 12.1. The Balaban J connectivity index is 1.79. The predicted octanol–water partition coefficient (Wildman–Crippen LogP) is 3.24. The van der Waals surface area contributed by atoms with E-state index in [9.17, 15) is 14.4 Å². The van der Waals surface area contributed by atoms with Gasteiger partial charge in [-0.1, -0.05) is 26.0 Å². The minimum absolute atomic E-state index is 0.0437. The van der Waals surface area contributed by atoms with Gasteiger partial charge in [-0.05, 0) is 37.0 Å². The van der Waals surface area contributed by atoms with E-state index in [1.165, 1.54) is 11.3 Å². The molecular formula is C20H24N2O5S. The summed E-state index contributed by atoms with van der Waals surface area (Å²) in [7, 11) is 0. The quantitative estimate of drug-likeness (QED) is 0.645. The maximum Gasteiger partial charge on any atom is 0.338 e. The van der Waals surface area contributed by atoms with Crippen LogP contribution in [0.1, 0.15) is 42.4 Å². The predicted molar refractivity (Wildman–Crippen MR) is 106 cm³/mol. The van der Waals surface area contributed by atoms with Crippen LogP contribution in [0.4, 0.5) is 5.13 Å². The number of carbonyl (C=O) groups is 3. The van der Waals surface area contributed by atoms with Crippen molar-refractivity contribution in [2.24, 2.45) is 5.92 Å². The number of rotatable bonds is 9. The Labute approximate surface area is 168 Å². The number of carbonyl (C=O) groups excluding carboxylic acids is 3. The molecule has 0 saturated heterocycles. The molecular weight excluding hydrogens is 380 g/mol. The average molecular weight is 404 g/mol. The van der Waals surface area contributed by atoms with Crippen molar-refractivity contribution in [2.45, 2.75) is 33.6 Å². The van der Waals surface area contributed by atoms with Gasteiger partial charge < -0.3 is 9.47 Å². The zero-order valence-electron chi connectivity index (χ0n) is 16.2. The lowest BCUT2D eigenvalue weighted by molar-refractivity contribution is -0.142. The van der Waals surface area contributed by atoms with Crippen molar-refractivity contribution in [3.63, 3.8) is 0 Å². The molecule has 1 aromatic heterocycles. The van der Waals surface area contributed by atoms with Crippen LogP contribution < -0.4 is 5.32 Å². The zero-order chi connectivity index (χ0) is 20.5. The van der Waals surface area contributed by atoms with Crippen LogP contribution >= 0.6 is 11.3 Å². The lowest BCUT2D eigenvalue weighted by Crippen LogP contribution is -2.21. The van der Waals surface area contributed by atoms with Gasteiger partial charge in [-0.3, -0.25) is 14.9 Å². The molecule has 28 heavy (non-hydrogen) atoms. The van der Waals surface area contributed by atoms with Crippen molar-refractivity contribution in [1.82, 2.24) is 4.98 Å². The standard InChI is InChI=1S/C20H24N2O5S/c1-4-26-18(24)10-16-12-28-20(21-16)22-17(23)11-27-19(25)15-7-5-14(6-8-15)9-13(2)3/h5-8,12-13H,4,9-11H2,1-3H3,(H,21,22,23). The first kappa shape index (κ1) is 21.6. The Morgan fingerprint density at radius 1 is 1.14 bits per heavy atom. The highest BCUT2D eigenvalue weighted by molar-refractivity contribution is 7.13. The average Bonchev–Trinajstić information content (AvgIpc) is 3.06. The number of hydrogen-bond acceptors (Lipinski definition) is 7. The maximum absolute atomic E-state index is 12.1. The van der Waals surface area contributed by atoms with E-state index in [4.69, 9.17) is 9.47 Å². The fourth-order valence-electron chi connectivity index (χ4n) is 2.42. The van der Waals surface area contributed by atoms with E-state index in [1.807, 2.05) is 12.1 Å². The fourth-order valence-corrected chi connectivity index (χ4v) is 3.15. The van der Waals surface area contributed by atoms with Crippen molar-refractivity contribution in [2.75, 3.05) is 18.5 Å². The number of benzene rings is 1. The number of aromatic nitrogens is 1. The van der Waals surface area contributed by atoms with Crippen LogP contribution in [-0.4, -0.2) is 36.0 Å². The molecule has 150 valence electrons. The van der Waals surface area contributed by atoms with Gasteiger partial charge in [-0.15, -0.1) is 11.3 Å². The van der Waals surface area contributed by atoms with E-state index >= 15 is 0 Å². The number of hydrogen-bond donors (Lipinski definition) is 1. The van der Waals surface area contributed by atoms with E-state index in [2.05, 4.69) is 24.1 Å². The monoisotopic (exact) mass is 404 g/mol. The first-order valence-corrected chi connectivity index (χ1v) is 9.91. The van der Waals surface area contributed by atoms with Gasteiger partial charge in [-0.25, -0.2) is 9.78 Å². The molecule has 0 saturated carbocycles. The molecule has 0 bridgehead atoms. The molecule has 2 aromatic rings. The van der Waals surface area contributed by atoms with Gasteiger partial charge in [0.15, 0.2) is 11.7 Å². The van der Waals surface area contributed by atoms with Crippen molar-refractivity contribution in [1.29, 1.82) is 0 Å². The van der Waals surface area contributed by atoms with Crippen molar-refractivity contribution >= 4 is 34.3 Å². The molecule has 0 unspecified atom stereocenters. The van der Waals surface area contributed by atoms with Crippen LogP contribution in [0, 0.1) is 5.92 Å². The number of nitrogens with zero attached hydrogens (tertiary/aromatic N) is 1. The Kier molecular flexibility index (Phi) is 8.13. The Morgan fingerprint density at radius 3 is 2.50 bits per heavy atom. The van der Waals surface area contributed by atoms with Crippen molar-refractivity contribution in [3.05, 3.63) is 46.5 Å². The summed E-state index contributed by atoms with van der Waals surface area (Å²) in [6.07, 6.45) is 0.978. The normalized spacial score (nSPS) is 10.6. The van der Waals surface area contributed by atoms with Crippen molar-refractivity contribution in [3.8, 4) is 0 Å². The van der Waals surface area contributed by atoms with E-state index < -0.39 is 18.5 Å². The summed E-state index contributed by atoms with van der Waals surface area (Å²) >= 11 is 1.18. The van der Waals surface area contributed by atoms with Gasteiger partial charge in [0.1, 0.15) is 0 Å². The molecule has 1 amide bonds. The third-order valence-corrected chi connectivity index (χ3v) is 4.40. The third-order valence-electron chi connectivity index (χ3n) is 3.60. The first-order chi connectivity index (χ1) is 13.4. The molecule has 0 aliphatic heterocycles. The van der Waals surface area contributed by atoms with Gasteiger partial charge in [0.05, 0.1) is 24.3 Å². The SMILES string of the molecule is CCOC(=O)Cc1csc(NC(=O)COC(=O)c2ccc(CC(C)C)cc2)n1. The number of thiazole rings is 1. The highest BCUT2D eigenvalue weighted by atomic mass is 32.1. The lowest BCUT2D eigenvalue weighted by atomic mass is 10.0. The molecule has 1 heterocycles. The third kappa shape index (κ3) is 7.11. The molecule has 0 aliphatic carbocycles. The van der Waals surface area contributed by atoms with Gasteiger partial charge >= 0.3 is 11.9 Å². The topological polar surface area (TPSA) is 94.6 Å². The van der Waals surface area contributed by atoms with Crippen LogP contribution in [0.15, 0.2) is 29.6 Å².